The number of benzene rings is 2. The monoisotopic (exact) mass is 272 g/mol. The summed E-state index contributed by atoms with van der Waals surface area (Å²) in [6, 6.07) is 12.8. The molecule has 2 aromatic carbocycles. The fourth-order valence-corrected chi connectivity index (χ4v) is 2.57. The number of rotatable bonds is 3. The van der Waals surface area contributed by atoms with Crippen molar-refractivity contribution in [3.05, 3.63) is 58.1 Å². The molecular weight excluding hydrogens is 264 g/mol. The summed E-state index contributed by atoms with van der Waals surface area (Å²) in [4.78, 5) is 11.5. The standard InChI is InChI=1S/C13H8N2O3S/c14-8-9-3-1-6-12(13(9)15(17)18)19-11-5-2-4-10(16)7-11/h1-7,16H. The van der Waals surface area contributed by atoms with Gasteiger partial charge in [0.25, 0.3) is 0 Å². The van der Waals surface area contributed by atoms with Crippen LogP contribution in [0.15, 0.2) is 52.3 Å². The molecule has 6 heteroatoms. The van der Waals surface area contributed by atoms with Crippen LogP contribution in [0.5, 0.6) is 5.75 Å². The molecule has 0 saturated heterocycles. The van der Waals surface area contributed by atoms with Gasteiger partial charge in [0.05, 0.1) is 9.82 Å². The summed E-state index contributed by atoms with van der Waals surface area (Å²) in [6.07, 6.45) is 0. The molecule has 94 valence electrons. The van der Waals surface area contributed by atoms with Crippen molar-refractivity contribution >= 4 is 17.4 Å². The summed E-state index contributed by atoms with van der Waals surface area (Å²) in [6.45, 7) is 0. The Morgan fingerprint density at radius 3 is 2.63 bits per heavy atom. The molecule has 0 atom stereocenters. The van der Waals surface area contributed by atoms with Crippen molar-refractivity contribution in [2.75, 3.05) is 0 Å². The first-order valence-corrected chi connectivity index (χ1v) is 6.08. The summed E-state index contributed by atoms with van der Waals surface area (Å²) in [5.74, 6) is 0.0871. The lowest BCUT2D eigenvalue weighted by Crippen LogP contribution is -1.94. The maximum atomic E-state index is 11.1. The Balaban J connectivity index is 2.46. The zero-order valence-electron chi connectivity index (χ0n) is 9.61. The second-order valence-electron chi connectivity index (χ2n) is 3.62. The van der Waals surface area contributed by atoms with Gasteiger partial charge in [0.2, 0.25) is 0 Å². The summed E-state index contributed by atoms with van der Waals surface area (Å²) >= 11 is 1.13. The highest BCUT2D eigenvalue weighted by molar-refractivity contribution is 7.99. The van der Waals surface area contributed by atoms with Crippen LogP contribution in [0.4, 0.5) is 5.69 Å². The molecule has 0 amide bonds. The van der Waals surface area contributed by atoms with Gasteiger partial charge in [0.1, 0.15) is 17.4 Å². The lowest BCUT2D eigenvalue weighted by Gasteiger charge is -2.04. The molecule has 5 nitrogen and oxygen atoms in total. The van der Waals surface area contributed by atoms with Gasteiger partial charge in [-0.05, 0) is 30.3 Å². The van der Waals surface area contributed by atoms with Crippen molar-refractivity contribution in [2.24, 2.45) is 0 Å². The number of nitro benzene ring substituents is 1. The van der Waals surface area contributed by atoms with E-state index in [2.05, 4.69) is 0 Å². The molecule has 0 fully saturated rings. The van der Waals surface area contributed by atoms with Gasteiger partial charge in [-0.3, -0.25) is 10.1 Å². The van der Waals surface area contributed by atoms with E-state index >= 15 is 0 Å². The third-order valence-corrected chi connectivity index (χ3v) is 3.39. The number of hydrogen-bond donors (Lipinski definition) is 1. The van der Waals surface area contributed by atoms with Gasteiger partial charge in [-0.1, -0.05) is 23.9 Å². The van der Waals surface area contributed by atoms with Gasteiger partial charge in [-0.25, -0.2) is 0 Å². The highest BCUT2D eigenvalue weighted by atomic mass is 32.2. The number of nitrogens with zero attached hydrogens (tertiary/aromatic N) is 2. The Bertz CT molecular complexity index is 680. The number of nitriles is 1. The van der Waals surface area contributed by atoms with Crippen LogP contribution in [0, 0.1) is 21.4 Å². The van der Waals surface area contributed by atoms with Gasteiger partial charge in [0.15, 0.2) is 0 Å². The molecule has 2 aromatic rings. The molecule has 0 aliphatic carbocycles. The van der Waals surface area contributed by atoms with E-state index in [1.807, 2.05) is 6.07 Å². The SMILES string of the molecule is N#Cc1cccc(Sc2cccc(O)c2)c1[N+](=O)[O-]. The van der Waals surface area contributed by atoms with Crippen molar-refractivity contribution in [2.45, 2.75) is 9.79 Å². The first-order valence-electron chi connectivity index (χ1n) is 5.26. The highest BCUT2D eigenvalue weighted by Crippen LogP contribution is 2.37. The summed E-state index contributed by atoms with van der Waals surface area (Å²) in [5.41, 5.74) is -0.187. The molecule has 0 aromatic heterocycles. The molecule has 2 rings (SSSR count). The second-order valence-corrected chi connectivity index (χ2v) is 4.74. The maximum absolute atomic E-state index is 11.1. The van der Waals surface area contributed by atoms with Gasteiger partial charge < -0.3 is 5.11 Å². The molecule has 0 unspecified atom stereocenters. The largest absolute Gasteiger partial charge is 0.508 e. The Hall–Kier alpha value is -2.52. The molecule has 0 heterocycles. The van der Waals surface area contributed by atoms with Gasteiger partial charge in [-0.15, -0.1) is 0 Å². The zero-order chi connectivity index (χ0) is 13.8. The summed E-state index contributed by atoms with van der Waals surface area (Å²) < 4.78 is 0. The fourth-order valence-electron chi connectivity index (χ4n) is 1.56. The van der Waals surface area contributed by atoms with Gasteiger partial charge >= 0.3 is 5.69 Å². The van der Waals surface area contributed by atoms with E-state index < -0.39 is 4.92 Å². The van der Waals surface area contributed by atoms with Crippen LogP contribution in [-0.4, -0.2) is 10.0 Å². The average molecular weight is 272 g/mol. The molecule has 0 saturated carbocycles. The first kappa shape index (κ1) is 12.9. The van der Waals surface area contributed by atoms with Crippen molar-refractivity contribution in [1.82, 2.24) is 0 Å². The van der Waals surface area contributed by atoms with Crippen LogP contribution < -0.4 is 0 Å². The van der Waals surface area contributed by atoms with Crippen molar-refractivity contribution in [3.8, 4) is 11.8 Å². The number of para-hydroxylation sites is 1. The van der Waals surface area contributed by atoms with Crippen LogP contribution in [-0.2, 0) is 0 Å². The van der Waals surface area contributed by atoms with E-state index in [0.29, 0.717) is 9.79 Å². The molecular formula is C13H8N2O3S. The Kier molecular flexibility index (Phi) is 3.68. The topological polar surface area (TPSA) is 87.2 Å². The Labute approximate surface area is 113 Å². The third-order valence-electron chi connectivity index (χ3n) is 2.35. The van der Waals surface area contributed by atoms with E-state index in [-0.39, 0.29) is 17.0 Å². The average Bonchev–Trinajstić information content (AvgIpc) is 2.38. The number of phenolic OH excluding ortho intramolecular Hbond substituents is 1. The van der Waals surface area contributed by atoms with Crippen molar-refractivity contribution in [3.63, 3.8) is 0 Å². The summed E-state index contributed by atoms with van der Waals surface area (Å²) in [5, 5.41) is 29.3. The molecule has 0 aliphatic heterocycles. The Morgan fingerprint density at radius 1 is 1.26 bits per heavy atom. The lowest BCUT2D eigenvalue weighted by atomic mass is 10.2. The van der Waals surface area contributed by atoms with Crippen LogP contribution in [0.25, 0.3) is 0 Å². The maximum Gasteiger partial charge on any atom is 0.300 e. The molecule has 0 radical (unpaired) electrons. The van der Waals surface area contributed by atoms with Crippen molar-refractivity contribution < 1.29 is 10.0 Å². The van der Waals surface area contributed by atoms with Crippen molar-refractivity contribution in [1.29, 1.82) is 5.26 Å². The van der Waals surface area contributed by atoms with Crippen LogP contribution in [0.3, 0.4) is 0 Å². The molecule has 1 N–H and O–H groups in total. The number of nitro groups is 1. The molecule has 0 spiro atoms. The lowest BCUT2D eigenvalue weighted by molar-refractivity contribution is -0.388. The molecule has 19 heavy (non-hydrogen) atoms. The van der Waals surface area contributed by atoms with Crippen LogP contribution in [0.2, 0.25) is 0 Å². The summed E-state index contributed by atoms with van der Waals surface area (Å²) in [7, 11) is 0. The predicted molar refractivity (Wildman–Crippen MR) is 70.0 cm³/mol. The number of phenols is 1. The minimum Gasteiger partial charge on any atom is -0.508 e. The predicted octanol–water partition coefficient (Wildman–Crippen LogP) is 3.32. The van der Waals surface area contributed by atoms with E-state index in [0.717, 1.165) is 11.8 Å². The smallest absolute Gasteiger partial charge is 0.300 e. The van der Waals surface area contributed by atoms with E-state index in [1.165, 1.54) is 18.2 Å². The first-order chi connectivity index (χ1) is 9.11. The van der Waals surface area contributed by atoms with Crippen LogP contribution >= 0.6 is 11.8 Å². The van der Waals surface area contributed by atoms with Crippen LogP contribution in [0.1, 0.15) is 5.56 Å². The zero-order valence-corrected chi connectivity index (χ0v) is 10.4. The third kappa shape index (κ3) is 2.84. The molecule has 0 bridgehead atoms. The van der Waals surface area contributed by atoms with Gasteiger partial charge in [-0.2, -0.15) is 5.26 Å². The minimum absolute atomic E-state index is 0.0233. The second kappa shape index (κ2) is 5.42. The Morgan fingerprint density at radius 2 is 2.00 bits per heavy atom. The quantitative estimate of drug-likeness (QED) is 0.684. The fraction of sp³-hybridized carbons (Fsp3) is 0. The normalized spacial score (nSPS) is 9.84. The van der Waals surface area contributed by atoms with E-state index in [1.54, 1.807) is 24.3 Å². The minimum atomic E-state index is -0.566. The number of aromatic hydroxyl groups is 1. The molecule has 0 aliphatic rings. The van der Waals surface area contributed by atoms with E-state index in [9.17, 15) is 15.2 Å². The van der Waals surface area contributed by atoms with Gasteiger partial charge in [0, 0.05) is 4.90 Å². The van der Waals surface area contributed by atoms with E-state index in [4.69, 9.17) is 5.26 Å². The highest BCUT2D eigenvalue weighted by Gasteiger charge is 2.20. The number of hydrogen-bond acceptors (Lipinski definition) is 5.